The van der Waals surface area contributed by atoms with Gasteiger partial charge in [-0.05, 0) is 24.6 Å². The number of carbonyl (C=O) groups is 2. The van der Waals surface area contributed by atoms with Gasteiger partial charge in [-0.25, -0.2) is 0 Å². The molecule has 0 aromatic heterocycles. The summed E-state index contributed by atoms with van der Waals surface area (Å²) in [5.41, 5.74) is 6.12. The first kappa shape index (κ1) is 16.7. The first-order chi connectivity index (χ1) is 9.36. The van der Waals surface area contributed by atoms with Crippen LogP contribution in [0.2, 0.25) is 0 Å². The molecule has 0 bridgehead atoms. The van der Waals surface area contributed by atoms with Gasteiger partial charge >= 0.3 is 0 Å². The monoisotopic (exact) mass is 342 g/mol. The van der Waals surface area contributed by atoms with Crippen molar-refractivity contribution in [2.24, 2.45) is 5.73 Å². The summed E-state index contributed by atoms with van der Waals surface area (Å²) in [6.45, 7) is 1.80. The molecule has 2 atom stereocenters. The number of nitrogens with zero attached hydrogens (tertiary/aromatic N) is 1. The largest absolute Gasteiger partial charge is 0.381 e. The second kappa shape index (κ2) is 7.40. The molecule has 6 heteroatoms. The highest BCUT2D eigenvalue weighted by Crippen LogP contribution is 2.23. The number of likely N-dealkylation sites (N-methyl/N-ethyl adjacent to an activating group) is 1. The number of carbonyl (C=O) groups excluding carboxylic acids is 2. The topological polar surface area (TPSA) is 72.6 Å². The molecule has 0 saturated carbocycles. The summed E-state index contributed by atoms with van der Waals surface area (Å²) in [5.74, 6) is -0.757. The molecule has 2 N–H and O–H groups in total. The molecular formula is C14H19BrN2O3. The molecule has 0 unspecified atom stereocenters. The van der Waals surface area contributed by atoms with Gasteiger partial charge in [0.25, 0.3) is 0 Å². The van der Waals surface area contributed by atoms with E-state index in [4.69, 9.17) is 10.5 Å². The van der Waals surface area contributed by atoms with Crippen LogP contribution in [-0.2, 0) is 14.3 Å². The van der Waals surface area contributed by atoms with Crippen LogP contribution < -0.4 is 5.73 Å². The van der Waals surface area contributed by atoms with Crippen molar-refractivity contribution in [3.63, 3.8) is 0 Å². The first-order valence-corrected chi connectivity index (χ1v) is 6.99. The van der Waals surface area contributed by atoms with E-state index >= 15 is 0 Å². The van der Waals surface area contributed by atoms with Gasteiger partial charge in [0.05, 0.1) is 12.5 Å². The normalized spacial score (nSPS) is 13.6. The van der Waals surface area contributed by atoms with Crippen LogP contribution in [0, 0.1) is 0 Å². The van der Waals surface area contributed by atoms with Gasteiger partial charge in [0.15, 0.2) is 0 Å². The summed E-state index contributed by atoms with van der Waals surface area (Å²) < 4.78 is 5.89. The number of nitrogens with two attached hydrogens (primary N) is 1. The van der Waals surface area contributed by atoms with E-state index in [0.717, 1.165) is 4.47 Å². The number of hydrogen-bond acceptors (Lipinski definition) is 3. The maximum atomic E-state index is 12.1. The molecule has 1 aromatic rings. The molecule has 0 heterocycles. The van der Waals surface area contributed by atoms with Crippen LogP contribution in [0.25, 0.3) is 0 Å². The average molecular weight is 343 g/mol. The number of methoxy groups -OCH3 is 1. The van der Waals surface area contributed by atoms with Crippen molar-refractivity contribution in [3.05, 3.63) is 34.3 Å². The third-order valence-electron chi connectivity index (χ3n) is 3.08. The van der Waals surface area contributed by atoms with Gasteiger partial charge < -0.3 is 15.4 Å². The van der Waals surface area contributed by atoms with E-state index in [1.807, 2.05) is 6.07 Å². The number of hydrogen-bond donors (Lipinski definition) is 1. The van der Waals surface area contributed by atoms with Gasteiger partial charge in [0, 0.05) is 18.6 Å². The number of halogens is 1. The molecule has 0 aliphatic heterocycles. The molecule has 0 radical (unpaired) electrons. The van der Waals surface area contributed by atoms with Crippen molar-refractivity contribution in [3.8, 4) is 0 Å². The quantitative estimate of drug-likeness (QED) is 0.857. The van der Waals surface area contributed by atoms with Crippen molar-refractivity contribution in [2.45, 2.75) is 25.5 Å². The van der Waals surface area contributed by atoms with Crippen molar-refractivity contribution in [1.29, 1.82) is 0 Å². The minimum absolute atomic E-state index is 0.192. The Hall–Kier alpha value is -1.40. The van der Waals surface area contributed by atoms with Crippen LogP contribution in [0.4, 0.5) is 0 Å². The van der Waals surface area contributed by atoms with Crippen molar-refractivity contribution in [2.75, 3.05) is 14.2 Å². The molecule has 0 aliphatic carbocycles. The van der Waals surface area contributed by atoms with Crippen LogP contribution in [0.5, 0.6) is 0 Å². The number of rotatable bonds is 6. The minimum atomic E-state index is -0.788. The van der Waals surface area contributed by atoms with E-state index in [2.05, 4.69) is 15.9 Å². The Bertz CT molecular complexity index is 493. The zero-order chi connectivity index (χ0) is 15.3. The standard InChI is InChI=1S/C14H19BrN2O3/c1-9(20-3)7-12(18)17(2)13(14(16)19)10-5-4-6-11(15)8-10/h4-6,8-9,13H,7H2,1-3H3,(H2,16,19)/t9-,13+/m1/s1. The maximum Gasteiger partial charge on any atom is 0.244 e. The Morgan fingerprint density at radius 2 is 2.10 bits per heavy atom. The minimum Gasteiger partial charge on any atom is -0.381 e. The highest BCUT2D eigenvalue weighted by molar-refractivity contribution is 9.10. The van der Waals surface area contributed by atoms with Crippen molar-refractivity contribution < 1.29 is 14.3 Å². The molecule has 0 fully saturated rings. The van der Waals surface area contributed by atoms with Gasteiger partial charge in [-0.15, -0.1) is 0 Å². The maximum absolute atomic E-state index is 12.1. The molecule has 110 valence electrons. The summed E-state index contributed by atoms with van der Waals surface area (Å²) >= 11 is 3.34. The van der Waals surface area contributed by atoms with Crippen LogP contribution in [0.15, 0.2) is 28.7 Å². The average Bonchev–Trinajstić information content (AvgIpc) is 2.38. The third-order valence-corrected chi connectivity index (χ3v) is 3.57. The fourth-order valence-electron chi connectivity index (χ4n) is 1.87. The number of primary amides is 1. The zero-order valence-corrected chi connectivity index (χ0v) is 13.4. The Balaban J connectivity index is 2.97. The number of benzene rings is 1. The zero-order valence-electron chi connectivity index (χ0n) is 11.8. The molecule has 2 amide bonds. The Morgan fingerprint density at radius 1 is 1.45 bits per heavy atom. The van der Waals surface area contributed by atoms with Gasteiger partial charge in [-0.1, -0.05) is 28.1 Å². The molecule has 0 spiro atoms. The number of amides is 2. The van der Waals surface area contributed by atoms with Crippen LogP contribution in [-0.4, -0.2) is 37.0 Å². The second-order valence-electron chi connectivity index (χ2n) is 4.61. The van der Waals surface area contributed by atoms with Gasteiger partial charge in [0.1, 0.15) is 6.04 Å². The van der Waals surface area contributed by atoms with E-state index in [9.17, 15) is 9.59 Å². The molecule has 0 saturated heterocycles. The molecule has 1 aromatic carbocycles. The lowest BCUT2D eigenvalue weighted by Crippen LogP contribution is -2.40. The summed E-state index contributed by atoms with van der Waals surface area (Å²) in [4.78, 5) is 25.2. The third kappa shape index (κ3) is 4.31. The summed E-state index contributed by atoms with van der Waals surface area (Å²) in [6, 6.07) is 6.40. The summed E-state index contributed by atoms with van der Waals surface area (Å²) in [6.07, 6.45) is -0.00823. The van der Waals surface area contributed by atoms with E-state index < -0.39 is 11.9 Å². The smallest absolute Gasteiger partial charge is 0.244 e. The van der Waals surface area contributed by atoms with Crippen LogP contribution >= 0.6 is 15.9 Å². The molecule has 0 aliphatic rings. The Labute approximate surface area is 127 Å². The predicted octanol–water partition coefficient (Wildman–Crippen LogP) is 1.86. The lowest BCUT2D eigenvalue weighted by Gasteiger charge is -2.27. The lowest BCUT2D eigenvalue weighted by molar-refractivity contribution is -0.139. The molecule has 20 heavy (non-hydrogen) atoms. The molecular weight excluding hydrogens is 324 g/mol. The van der Waals surface area contributed by atoms with Crippen LogP contribution in [0.3, 0.4) is 0 Å². The molecule has 5 nitrogen and oxygen atoms in total. The fraction of sp³-hybridized carbons (Fsp3) is 0.429. The van der Waals surface area contributed by atoms with Crippen molar-refractivity contribution >= 4 is 27.7 Å². The van der Waals surface area contributed by atoms with Gasteiger partial charge in [-0.2, -0.15) is 0 Å². The summed E-state index contributed by atoms with van der Waals surface area (Å²) in [7, 11) is 3.11. The number of ether oxygens (including phenoxy) is 1. The van der Waals surface area contributed by atoms with Gasteiger partial charge in [0.2, 0.25) is 11.8 Å². The highest BCUT2D eigenvalue weighted by atomic mass is 79.9. The van der Waals surface area contributed by atoms with E-state index in [1.54, 1.807) is 32.2 Å². The molecule has 1 rings (SSSR count). The highest BCUT2D eigenvalue weighted by Gasteiger charge is 2.27. The van der Waals surface area contributed by atoms with E-state index in [-0.39, 0.29) is 18.4 Å². The van der Waals surface area contributed by atoms with Gasteiger partial charge in [-0.3, -0.25) is 9.59 Å². The fourth-order valence-corrected chi connectivity index (χ4v) is 2.29. The van der Waals surface area contributed by atoms with Crippen LogP contribution in [0.1, 0.15) is 24.9 Å². The Morgan fingerprint density at radius 3 is 2.60 bits per heavy atom. The van der Waals surface area contributed by atoms with Crippen molar-refractivity contribution in [1.82, 2.24) is 4.90 Å². The van der Waals surface area contributed by atoms with E-state index in [1.165, 1.54) is 12.0 Å². The second-order valence-corrected chi connectivity index (χ2v) is 5.53. The lowest BCUT2D eigenvalue weighted by atomic mass is 10.0. The first-order valence-electron chi connectivity index (χ1n) is 6.20. The Kier molecular flexibility index (Phi) is 6.16. The SMILES string of the molecule is CO[C@H](C)CC(=O)N(C)[C@H](C(N)=O)c1cccc(Br)c1. The van der Waals surface area contributed by atoms with E-state index in [0.29, 0.717) is 5.56 Å². The summed E-state index contributed by atoms with van der Waals surface area (Å²) in [5, 5.41) is 0. The predicted molar refractivity (Wildman–Crippen MR) is 79.9 cm³/mol.